The molecule has 262 valence electrons. The molecular weight excluding hydrogens is 685 g/mol. The molecule has 0 N–H and O–H groups in total. The Morgan fingerprint density at radius 2 is 0.857 bits per heavy atom. The van der Waals surface area contributed by atoms with Gasteiger partial charge in [-0.1, -0.05) is 158 Å². The predicted molar refractivity (Wildman–Crippen MR) is 229 cm³/mol. The van der Waals surface area contributed by atoms with Crippen molar-refractivity contribution in [2.24, 2.45) is 0 Å². The molecule has 0 bridgehead atoms. The van der Waals surface area contributed by atoms with Crippen molar-refractivity contribution in [3.8, 4) is 62.1 Å². The average Bonchev–Trinajstić information content (AvgIpc) is 3.83. The summed E-state index contributed by atoms with van der Waals surface area (Å²) in [5.41, 5.74) is 12.0. The van der Waals surface area contributed by atoms with Crippen LogP contribution in [0.25, 0.3) is 106 Å². The van der Waals surface area contributed by atoms with Gasteiger partial charge in [0.1, 0.15) is 5.58 Å². The number of furan rings is 1. The lowest BCUT2D eigenvalue weighted by Crippen LogP contribution is -2.01. The largest absolute Gasteiger partial charge is 0.454 e. The van der Waals surface area contributed by atoms with E-state index in [1.54, 1.807) is 0 Å². The Labute approximate surface area is 322 Å². The maximum absolute atomic E-state index is 6.58. The highest BCUT2D eigenvalue weighted by Crippen LogP contribution is 2.41. The zero-order valence-corrected chi connectivity index (χ0v) is 30.2. The fourth-order valence-electron chi connectivity index (χ4n) is 8.07. The lowest BCUT2D eigenvalue weighted by molar-refractivity contribution is 0.666. The third-order valence-electron chi connectivity index (χ3n) is 10.7. The van der Waals surface area contributed by atoms with Gasteiger partial charge in [-0.2, -0.15) is 0 Å². The molecule has 0 atom stereocenters. The molecular formula is C51H32N4O. The Bertz CT molecular complexity index is 3150. The van der Waals surface area contributed by atoms with Crippen molar-refractivity contribution in [1.29, 1.82) is 0 Å². The smallest absolute Gasteiger partial charge is 0.164 e. The van der Waals surface area contributed by atoms with Crippen LogP contribution in [0.2, 0.25) is 0 Å². The molecule has 11 rings (SSSR count). The monoisotopic (exact) mass is 716 g/mol. The fourth-order valence-corrected chi connectivity index (χ4v) is 8.07. The average molecular weight is 717 g/mol. The number of rotatable bonds is 6. The minimum atomic E-state index is 0.607. The normalized spacial score (nSPS) is 11.6. The van der Waals surface area contributed by atoms with Gasteiger partial charge in [-0.15, -0.1) is 0 Å². The summed E-state index contributed by atoms with van der Waals surface area (Å²) in [4.78, 5) is 15.7. The first-order chi connectivity index (χ1) is 27.8. The fraction of sp³-hybridized carbons (Fsp3) is 0. The number of fused-ring (bicyclic) bond motifs is 6. The molecule has 56 heavy (non-hydrogen) atoms. The molecule has 5 nitrogen and oxygen atoms in total. The molecule has 0 aliphatic rings. The van der Waals surface area contributed by atoms with Gasteiger partial charge in [-0.3, -0.25) is 0 Å². The van der Waals surface area contributed by atoms with Gasteiger partial charge >= 0.3 is 0 Å². The number of hydrogen-bond donors (Lipinski definition) is 0. The molecule has 0 saturated heterocycles. The van der Waals surface area contributed by atoms with E-state index in [2.05, 4.69) is 174 Å². The third kappa shape index (κ3) is 5.29. The van der Waals surface area contributed by atoms with Crippen molar-refractivity contribution in [3.05, 3.63) is 194 Å². The molecule has 8 aromatic carbocycles. The second-order valence-corrected chi connectivity index (χ2v) is 14.0. The summed E-state index contributed by atoms with van der Waals surface area (Å²) in [7, 11) is 0. The molecule has 0 spiro atoms. The highest BCUT2D eigenvalue weighted by atomic mass is 16.3. The zero-order valence-electron chi connectivity index (χ0n) is 30.2. The summed E-state index contributed by atoms with van der Waals surface area (Å²) in [5.74, 6) is 1.83. The van der Waals surface area contributed by atoms with E-state index in [4.69, 9.17) is 19.4 Å². The first kappa shape index (κ1) is 31.9. The predicted octanol–water partition coefficient (Wildman–Crippen LogP) is 13.2. The highest BCUT2D eigenvalue weighted by Gasteiger charge is 2.22. The van der Waals surface area contributed by atoms with Crippen LogP contribution in [-0.2, 0) is 0 Å². The van der Waals surface area contributed by atoms with Crippen molar-refractivity contribution in [2.45, 2.75) is 0 Å². The van der Waals surface area contributed by atoms with Crippen molar-refractivity contribution < 1.29 is 4.42 Å². The van der Waals surface area contributed by atoms with E-state index in [0.29, 0.717) is 17.5 Å². The standard InChI is InChI=1S/C51H32N4O/c1-3-15-33(16-4-1)35-19-11-21-37(31-35)49-52-50(38-22-12-20-36(32-38)34-17-5-2-6-18-34)54-51(53-49)42-26-14-28-44-47(42)41-24-7-9-27-43(41)55(44)45-29-13-25-40-39-23-8-10-30-46(39)56-48(40)45/h1-32H. The molecule has 0 aliphatic heterocycles. The number of benzene rings is 8. The molecule has 11 aromatic rings. The van der Waals surface area contributed by atoms with Gasteiger partial charge in [-0.25, -0.2) is 15.0 Å². The van der Waals surface area contributed by atoms with Crippen LogP contribution in [0, 0.1) is 0 Å². The summed E-state index contributed by atoms with van der Waals surface area (Å²) < 4.78 is 8.89. The van der Waals surface area contributed by atoms with Crippen LogP contribution in [0.15, 0.2) is 199 Å². The van der Waals surface area contributed by atoms with Gasteiger partial charge in [-0.05, 0) is 58.7 Å². The molecule has 0 aliphatic carbocycles. The highest BCUT2D eigenvalue weighted by molar-refractivity contribution is 6.16. The maximum atomic E-state index is 6.58. The lowest BCUT2D eigenvalue weighted by atomic mass is 10.0. The van der Waals surface area contributed by atoms with Crippen LogP contribution in [0.4, 0.5) is 0 Å². The maximum Gasteiger partial charge on any atom is 0.164 e. The molecule has 0 amide bonds. The van der Waals surface area contributed by atoms with E-state index in [9.17, 15) is 0 Å². The van der Waals surface area contributed by atoms with Crippen LogP contribution in [0.3, 0.4) is 0 Å². The van der Waals surface area contributed by atoms with Crippen LogP contribution in [0.5, 0.6) is 0 Å². The number of nitrogens with zero attached hydrogens (tertiary/aromatic N) is 4. The van der Waals surface area contributed by atoms with Gasteiger partial charge in [0, 0.05) is 38.2 Å². The Morgan fingerprint density at radius 1 is 0.357 bits per heavy atom. The van der Waals surface area contributed by atoms with Crippen LogP contribution < -0.4 is 0 Å². The molecule has 5 heteroatoms. The van der Waals surface area contributed by atoms with Gasteiger partial charge in [0.25, 0.3) is 0 Å². The molecule has 3 heterocycles. The Hall–Kier alpha value is -7.63. The van der Waals surface area contributed by atoms with E-state index in [1.807, 2.05) is 24.3 Å². The minimum absolute atomic E-state index is 0.607. The van der Waals surface area contributed by atoms with E-state index in [-0.39, 0.29) is 0 Å². The quantitative estimate of drug-likeness (QED) is 0.172. The van der Waals surface area contributed by atoms with Crippen LogP contribution >= 0.6 is 0 Å². The summed E-state index contributed by atoms with van der Waals surface area (Å²) in [6.45, 7) is 0. The molecule has 3 aromatic heterocycles. The first-order valence-corrected chi connectivity index (χ1v) is 18.8. The van der Waals surface area contributed by atoms with Crippen molar-refractivity contribution in [2.75, 3.05) is 0 Å². The van der Waals surface area contributed by atoms with Crippen molar-refractivity contribution in [1.82, 2.24) is 19.5 Å². The van der Waals surface area contributed by atoms with E-state index in [1.165, 1.54) is 0 Å². The SMILES string of the molecule is c1ccc(-c2cccc(-c3nc(-c4cccc(-c5ccccc5)c4)nc(-c4cccc5c4c4ccccc4n5-c4cccc5c4oc4ccccc45)n3)c2)cc1. The third-order valence-corrected chi connectivity index (χ3v) is 10.7. The molecule has 0 saturated carbocycles. The summed E-state index contributed by atoms with van der Waals surface area (Å²) >= 11 is 0. The van der Waals surface area contributed by atoms with E-state index < -0.39 is 0 Å². The van der Waals surface area contributed by atoms with E-state index >= 15 is 0 Å². The van der Waals surface area contributed by atoms with Crippen LogP contribution in [-0.4, -0.2) is 19.5 Å². The van der Waals surface area contributed by atoms with Gasteiger partial charge < -0.3 is 8.98 Å². The zero-order chi connectivity index (χ0) is 37.0. The second kappa shape index (κ2) is 13.0. The van der Waals surface area contributed by atoms with Crippen molar-refractivity contribution in [3.63, 3.8) is 0 Å². The van der Waals surface area contributed by atoms with Gasteiger partial charge in [0.15, 0.2) is 23.1 Å². The Kier molecular flexibility index (Phi) is 7.42. The molecule has 0 radical (unpaired) electrons. The van der Waals surface area contributed by atoms with Gasteiger partial charge in [0.05, 0.1) is 16.7 Å². The van der Waals surface area contributed by atoms with Crippen LogP contribution in [0.1, 0.15) is 0 Å². The lowest BCUT2D eigenvalue weighted by Gasteiger charge is -2.12. The first-order valence-electron chi connectivity index (χ1n) is 18.8. The second-order valence-electron chi connectivity index (χ2n) is 14.0. The topological polar surface area (TPSA) is 56.7 Å². The minimum Gasteiger partial charge on any atom is -0.454 e. The van der Waals surface area contributed by atoms with E-state index in [0.717, 1.165) is 88.4 Å². The number of para-hydroxylation sites is 3. The van der Waals surface area contributed by atoms with Crippen molar-refractivity contribution >= 4 is 43.7 Å². The Balaban J connectivity index is 1.16. The molecule has 0 fully saturated rings. The number of hydrogen-bond acceptors (Lipinski definition) is 4. The number of aromatic nitrogens is 4. The summed E-state index contributed by atoms with van der Waals surface area (Å²) in [6, 6.07) is 67.3. The summed E-state index contributed by atoms with van der Waals surface area (Å²) in [6.07, 6.45) is 0. The Morgan fingerprint density at radius 3 is 1.55 bits per heavy atom. The van der Waals surface area contributed by atoms with Gasteiger partial charge in [0.2, 0.25) is 0 Å². The molecule has 0 unspecified atom stereocenters. The summed E-state index contributed by atoms with van der Waals surface area (Å²) in [5, 5.41) is 4.35.